The highest BCUT2D eigenvalue weighted by Gasteiger charge is 2.16. The number of hydrogen-bond acceptors (Lipinski definition) is 5. The van der Waals surface area contributed by atoms with Crippen LogP contribution in [0.25, 0.3) is 0 Å². The van der Waals surface area contributed by atoms with E-state index >= 15 is 0 Å². The second-order valence-electron chi connectivity index (χ2n) is 7.08. The van der Waals surface area contributed by atoms with Gasteiger partial charge in [-0.2, -0.15) is 0 Å². The minimum atomic E-state index is -0.456. The lowest BCUT2D eigenvalue weighted by Gasteiger charge is -2.16. The number of amides is 2. The number of hydrogen-bond donors (Lipinski definition) is 3. The molecule has 0 radical (unpaired) electrons. The summed E-state index contributed by atoms with van der Waals surface area (Å²) in [5.74, 6) is 0.548. The van der Waals surface area contributed by atoms with Crippen LogP contribution in [0.3, 0.4) is 0 Å². The maximum atomic E-state index is 12.6. The summed E-state index contributed by atoms with van der Waals surface area (Å²) in [6, 6.07) is 12.8. The van der Waals surface area contributed by atoms with E-state index in [1.165, 1.54) is 0 Å². The Morgan fingerprint density at radius 1 is 1.06 bits per heavy atom. The fourth-order valence-corrected chi connectivity index (χ4v) is 3.27. The first kappa shape index (κ1) is 25.6. The van der Waals surface area contributed by atoms with Crippen molar-refractivity contribution in [3.05, 3.63) is 58.1 Å². The molecule has 0 saturated heterocycles. The van der Waals surface area contributed by atoms with Crippen molar-refractivity contribution in [3.8, 4) is 11.5 Å². The lowest BCUT2D eigenvalue weighted by atomic mass is 9.98. The standard InChI is InChI=1S/C23H28BrN3O4S/c1-4-12-30-20-11-10-16(24)13-18(20)22(29)25-23(32)27-26-21(28)14-31-19-9-7-6-8-17(19)15(3)5-2/h6-11,13,15H,4-5,12,14H2,1-3H3,(H,26,28)(H2,25,27,29,32). The summed E-state index contributed by atoms with van der Waals surface area (Å²) < 4.78 is 12.0. The maximum absolute atomic E-state index is 12.6. The topological polar surface area (TPSA) is 88.7 Å². The summed E-state index contributed by atoms with van der Waals surface area (Å²) >= 11 is 8.46. The molecule has 0 aliphatic carbocycles. The molecule has 2 amide bonds. The molecule has 0 aliphatic rings. The SMILES string of the molecule is CCCOc1ccc(Br)cc1C(=O)NC(=S)NNC(=O)COc1ccccc1C(C)CC. The van der Waals surface area contributed by atoms with Crippen molar-refractivity contribution in [3.63, 3.8) is 0 Å². The molecule has 0 saturated carbocycles. The summed E-state index contributed by atoms with van der Waals surface area (Å²) in [4.78, 5) is 24.7. The molecule has 32 heavy (non-hydrogen) atoms. The number of ether oxygens (including phenoxy) is 2. The van der Waals surface area contributed by atoms with E-state index in [-0.39, 0.29) is 11.7 Å². The number of benzene rings is 2. The Morgan fingerprint density at radius 3 is 2.53 bits per heavy atom. The van der Waals surface area contributed by atoms with Gasteiger partial charge in [0, 0.05) is 4.47 Å². The van der Waals surface area contributed by atoms with Crippen LogP contribution in [0.5, 0.6) is 11.5 Å². The molecule has 2 rings (SSSR count). The van der Waals surface area contributed by atoms with Crippen molar-refractivity contribution in [2.45, 2.75) is 39.5 Å². The van der Waals surface area contributed by atoms with E-state index in [1.807, 2.05) is 31.2 Å². The van der Waals surface area contributed by atoms with Crippen LogP contribution in [0.4, 0.5) is 0 Å². The van der Waals surface area contributed by atoms with Crippen molar-refractivity contribution in [2.75, 3.05) is 13.2 Å². The molecule has 1 atom stereocenters. The quantitative estimate of drug-likeness (QED) is 0.333. The zero-order valence-corrected chi connectivity index (χ0v) is 20.8. The van der Waals surface area contributed by atoms with Crippen LogP contribution in [0.2, 0.25) is 0 Å². The maximum Gasteiger partial charge on any atom is 0.276 e. The van der Waals surface area contributed by atoms with Crippen LogP contribution < -0.4 is 25.6 Å². The van der Waals surface area contributed by atoms with Crippen LogP contribution in [0, 0.1) is 0 Å². The van der Waals surface area contributed by atoms with E-state index in [0.717, 1.165) is 22.9 Å². The molecule has 3 N–H and O–H groups in total. The zero-order valence-electron chi connectivity index (χ0n) is 18.4. The minimum absolute atomic E-state index is 0.0511. The number of rotatable bonds is 9. The van der Waals surface area contributed by atoms with E-state index in [0.29, 0.717) is 29.6 Å². The Morgan fingerprint density at radius 2 is 1.81 bits per heavy atom. The lowest BCUT2D eigenvalue weighted by Crippen LogP contribution is -2.49. The number of carbonyl (C=O) groups is 2. The van der Waals surface area contributed by atoms with Gasteiger partial charge in [-0.05, 0) is 60.8 Å². The molecule has 9 heteroatoms. The molecule has 0 fully saturated rings. The van der Waals surface area contributed by atoms with Crippen LogP contribution in [-0.2, 0) is 4.79 Å². The summed E-state index contributed by atoms with van der Waals surface area (Å²) in [5.41, 5.74) is 6.31. The third-order valence-electron chi connectivity index (χ3n) is 4.61. The summed E-state index contributed by atoms with van der Waals surface area (Å²) in [5, 5.41) is 2.47. The average molecular weight is 522 g/mol. The van der Waals surface area contributed by atoms with E-state index in [2.05, 4.69) is 45.9 Å². The number of hydrazine groups is 1. The smallest absolute Gasteiger partial charge is 0.276 e. The molecule has 2 aromatic rings. The molecule has 0 heterocycles. The normalized spacial score (nSPS) is 11.2. The highest BCUT2D eigenvalue weighted by molar-refractivity contribution is 9.10. The Bertz CT molecular complexity index is 955. The third-order valence-corrected chi connectivity index (χ3v) is 5.31. The molecular weight excluding hydrogens is 494 g/mol. The molecule has 2 aromatic carbocycles. The molecule has 0 bridgehead atoms. The van der Waals surface area contributed by atoms with Crippen molar-refractivity contribution in [1.82, 2.24) is 16.2 Å². The Balaban J connectivity index is 1.86. The fraction of sp³-hybridized carbons (Fsp3) is 0.348. The number of halogens is 1. The van der Waals surface area contributed by atoms with Gasteiger partial charge in [0.1, 0.15) is 11.5 Å². The van der Waals surface area contributed by atoms with Gasteiger partial charge in [-0.25, -0.2) is 0 Å². The van der Waals surface area contributed by atoms with Gasteiger partial charge in [0.05, 0.1) is 12.2 Å². The number of para-hydroxylation sites is 1. The predicted molar refractivity (Wildman–Crippen MR) is 132 cm³/mol. The first-order valence-corrected chi connectivity index (χ1v) is 11.6. The zero-order chi connectivity index (χ0) is 23.5. The van der Waals surface area contributed by atoms with Crippen molar-refractivity contribution >= 4 is 45.1 Å². The van der Waals surface area contributed by atoms with Gasteiger partial charge in [0.2, 0.25) is 0 Å². The van der Waals surface area contributed by atoms with Crippen LogP contribution >= 0.6 is 28.1 Å². The van der Waals surface area contributed by atoms with Gasteiger partial charge in [-0.1, -0.05) is 54.9 Å². The van der Waals surface area contributed by atoms with E-state index in [9.17, 15) is 9.59 Å². The Hall–Kier alpha value is -2.65. The van der Waals surface area contributed by atoms with Gasteiger partial charge in [0.25, 0.3) is 11.8 Å². The van der Waals surface area contributed by atoms with Crippen molar-refractivity contribution in [2.24, 2.45) is 0 Å². The van der Waals surface area contributed by atoms with E-state index < -0.39 is 11.8 Å². The summed E-state index contributed by atoms with van der Waals surface area (Å²) in [6.07, 6.45) is 1.78. The van der Waals surface area contributed by atoms with Crippen LogP contribution in [0.15, 0.2) is 46.9 Å². The number of carbonyl (C=O) groups excluding carboxylic acids is 2. The lowest BCUT2D eigenvalue weighted by molar-refractivity contribution is -0.123. The van der Waals surface area contributed by atoms with E-state index in [1.54, 1.807) is 18.2 Å². The molecule has 0 spiro atoms. The Kier molecular flexibility index (Phi) is 10.4. The number of nitrogens with one attached hydrogen (secondary N) is 3. The fourth-order valence-electron chi connectivity index (χ4n) is 2.76. The monoisotopic (exact) mass is 521 g/mol. The largest absolute Gasteiger partial charge is 0.493 e. The summed E-state index contributed by atoms with van der Waals surface area (Å²) in [6.45, 7) is 6.47. The summed E-state index contributed by atoms with van der Waals surface area (Å²) in [7, 11) is 0. The highest BCUT2D eigenvalue weighted by Crippen LogP contribution is 2.28. The average Bonchev–Trinajstić information content (AvgIpc) is 2.80. The van der Waals surface area contributed by atoms with Gasteiger partial charge >= 0.3 is 0 Å². The predicted octanol–water partition coefficient (Wildman–Crippen LogP) is 4.47. The molecule has 0 aliphatic heterocycles. The van der Waals surface area contributed by atoms with Crippen molar-refractivity contribution < 1.29 is 19.1 Å². The third kappa shape index (κ3) is 7.80. The molecule has 7 nitrogen and oxygen atoms in total. The first-order chi connectivity index (χ1) is 15.3. The van der Waals surface area contributed by atoms with Gasteiger partial charge in [-0.3, -0.25) is 25.8 Å². The van der Waals surface area contributed by atoms with Gasteiger partial charge < -0.3 is 9.47 Å². The van der Waals surface area contributed by atoms with Crippen LogP contribution in [0.1, 0.15) is 55.5 Å². The Labute approximate surface area is 202 Å². The van der Waals surface area contributed by atoms with E-state index in [4.69, 9.17) is 21.7 Å². The molecule has 172 valence electrons. The van der Waals surface area contributed by atoms with Gasteiger partial charge in [0.15, 0.2) is 11.7 Å². The minimum Gasteiger partial charge on any atom is -0.493 e. The number of thiocarbonyl (C=S) groups is 1. The first-order valence-electron chi connectivity index (χ1n) is 10.4. The van der Waals surface area contributed by atoms with Crippen LogP contribution in [-0.4, -0.2) is 30.1 Å². The second-order valence-corrected chi connectivity index (χ2v) is 8.41. The van der Waals surface area contributed by atoms with Gasteiger partial charge in [-0.15, -0.1) is 0 Å². The second kappa shape index (κ2) is 13.0. The highest BCUT2D eigenvalue weighted by atomic mass is 79.9. The molecular formula is C23H28BrN3O4S. The molecule has 1 unspecified atom stereocenters. The van der Waals surface area contributed by atoms with Crippen molar-refractivity contribution in [1.29, 1.82) is 0 Å². The molecule has 0 aromatic heterocycles.